The van der Waals surface area contributed by atoms with E-state index in [0.717, 1.165) is 77.8 Å². The van der Waals surface area contributed by atoms with E-state index >= 15 is 0 Å². The van der Waals surface area contributed by atoms with Crippen LogP contribution in [0.5, 0.6) is 5.75 Å². The van der Waals surface area contributed by atoms with Gasteiger partial charge in [-0.15, -0.1) is 0 Å². The van der Waals surface area contributed by atoms with Crippen molar-refractivity contribution in [3.63, 3.8) is 0 Å². The second-order valence-electron chi connectivity index (χ2n) is 12.6. The second kappa shape index (κ2) is 11.5. The summed E-state index contributed by atoms with van der Waals surface area (Å²) in [5.41, 5.74) is 12.0. The molecule has 51 heavy (non-hydrogen) atoms. The van der Waals surface area contributed by atoms with E-state index in [4.69, 9.17) is 15.0 Å². The van der Waals surface area contributed by atoms with E-state index < -0.39 is 0 Å². The van der Waals surface area contributed by atoms with Crippen LogP contribution in [0, 0.1) is 0 Å². The zero-order chi connectivity index (χ0) is 33.9. The van der Waals surface area contributed by atoms with Gasteiger partial charge in [0.05, 0.1) is 44.7 Å². The molecule has 6 heteroatoms. The van der Waals surface area contributed by atoms with Crippen LogP contribution in [-0.4, -0.2) is 29.0 Å². The maximum Gasteiger partial charge on any atom is 0.149 e. The fraction of sp³-hybridized carbons (Fsp3) is 0. The number of hydrogen-bond acceptors (Lipinski definition) is 4. The first-order valence-electron chi connectivity index (χ1n) is 16.9. The summed E-state index contributed by atoms with van der Waals surface area (Å²) in [4.78, 5) is 15.7. The number of phenolic OH excluding ortho intramolecular Hbond substituents is 1. The van der Waals surface area contributed by atoms with E-state index in [-0.39, 0.29) is 5.75 Å². The number of benzene rings is 6. The van der Waals surface area contributed by atoms with Gasteiger partial charge in [0.25, 0.3) is 0 Å². The standard InChI is InChI=1S/C45H29N5O/c51-41-26-9-5-17-34(41)44-48-43-33(19-11-25-40(43)50(44)38-23-7-4-16-31(38)29-13-2-1-3-14-29)36-22-12-21-35(46-36)32-18-10-15-30-27-28-49-39-24-8-6-20-37(39)47-45(49)42(30)32/h1-28,51H. The minimum atomic E-state index is 0.168. The van der Waals surface area contributed by atoms with E-state index in [1.807, 2.05) is 48.5 Å². The number of imidazole rings is 2. The van der Waals surface area contributed by atoms with Gasteiger partial charge in [-0.05, 0) is 65.5 Å². The molecule has 1 N–H and O–H groups in total. The Kier molecular flexibility index (Phi) is 6.54. The minimum absolute atomic E-state index is 0.168. The Bertz CT molecular complexity index is 2940. The molecule has 4 heterocycles. The summed E-state index contributed by atoms with van der Waals surface area (Å²) in [5.74, 6) is 0.819. The van der Waals surface area contributed by atoms with E-state index in [2.05, 4.69) is 124 Å². The Morgan fingerprint density at radius 1 is 0.471 bits per heavy atom. The molecule has 0 aliphatic heterocycles. The lowest BCUT2D eigenvalue weighted by Crippen LogP contribution is -2.00. The summed E-state index contributed by atoms with van der Waals surface area (Å²) in [6.45, 7) is 0. The molecule has 6 nitrogen and oxygen atoms in total. The van der Waals surface area contributed by atoms with Crippen LogP contribution in [0.25, 0.3) is 89.2 Å². The van der Waals surface area contributed by atoms with Gasteiger partial charge in [0.2, 0.25) is 0 Å². The number of rotatable bonds is 5. The lowest BCUT2D eigenvalue weighted by molar-refractivity contribution is 0.477. The molecule has 10 aromatic rings. The summed E-state index contributed by atoms with van der Waals surface area (Å²) in [6.07, 6.45) is 2.09. The SMILES string of the molecule is Oc1ccccc1-c1nc2c(-c3cccc(-c4cccc5ccn6c7ccccc7nc6c45)n3)cccc2n1-c1ccccc1-c1ccccc1. The first-order chi connectivity index (χ1) is 25.2. The molecule has 0 atom stereocenters. The molecular weight excluding hydrogens is 627 g/mol. The number of phenols is 1. The van der Waals surface area contributed by atoms with Crippen LogP contribution in [0.15, 0.2) is 170 Å². The molecule has 0 fully saturated rings. The average Bonchev–Trinajstić information content (AvgIpc) is 3.77. The average molecular weight is 656 g/mol. The highest BCUT2D eigenvalue weighted by Gasteiger charge is 2.22. The third-order valence-electron chi connectivity index (χ3n) is 9.68. The number of nitrogens with zero attached hydrogens (tertiary/aromatic N) is 5. The second-order valence-corrected chi connectivity index (χ2v) is 12.6. The molecule has 0 radical (unpaired) electrons. The minimum Gasteiger partial charge on any atom is -0.507 e. The van der Waals surface area contributed by atoms with Crippen molar-refractivity contribution >= 4 is 38.5 Å². The van der Waals surface area contributed by atoms with Gasteiger partial charge in [-0.1, -0.05) is 109 Å². The van der Waals surface area contributed by atoms with Gasteiger partial charge in [0.15, 0.2) is 0 Å². The molecule has 0 saturated carbocycles. The molecule has 0 saturated heterocycles. The van der Waals surface area contributed by atoms with Gasteiger partial charge in [0, 0.05) is 28.3 Å². The Labute approximate surface area is 293 Å². The first-order valence-corrected chi connectivity index (χ1v) is 16.9. The normalized spacial score (nSPS) is 11.6. The quantitative estimate of drug-likeness (QED) is 0.200. The van der Waals surface area contributed by atoms with Crippen molar-refractivity contribution in [2.45, 2.75) is 0 Å². The van der Waals surface area contributed by atoms with Gasteiger partial charge in [0.1, 0.15) is 17.2 Å². The molecule has 0 spiro atoms. The van der Waals surface area contributed by atoms with Crippen molar-refractivity contribution in [1.82, 2.24) is 23.9 Å². The molecular formula is C45H29N5O. The summed E-state index contributed by atoms with van der Waals surface area (Å²) in [5, 5.41) is 13.3. The number of hydrogen-bond donors (Lipinski definition) is 1. The topological polar surface area (TPSA) is 68.2 Å². The predicted octanol–water partition coefficient (Wildman–Crippen LogP) is 10.7. The number of aromatic nitrogens is 5. The van der Waals surface area contributed by atoms with Crippen molar-refractivity contribution in [3.05, 3.63) is 170 Å². The zero-order valence-corrected chi connectivity index (χ0v) is 27.3. The van der Waals surface area contributed by atoms with Crippen LogP contribution in [0.3, 0.4) is 0 Å². The smallest absolute Gasteiger partial charge is 0.149 e. The Hall–Kier alpha value is -7.05. The number of aromatic hydroxyl groups is 1. The van der Waals surface area contributed by atoms with Crippen LogP contribution in [0.4, 0.5) is 0 Å². The fourth-order valence-electron chi connectivity index (χ4n) is 7.36. The van der Waals surface area contributed by atoms with Gasteiger partial charge < -0.3 is 5.11 Å². The van der Waals surface area contributed by atoms with Crippen molar-refractivity contribution < 1.29 is 5.11 Å². The Morgan fingerprint density at radius 2 is 1.14 bits per heavy atom. The highest BCUT2D eigenvalue weighted by atomic mass is 16.3. The number of pyridine rings is 2. The highest BCUT2D eigenvalue weighted by molar-refractivity contribution is 6.07. The number of fused-ring (bicyclic) bond motifs is 6. The summed E-state index contributed by atoms with van der Waals surface area (Å²) >= 11 is 0. The van der Waals surface area contributed by atoms with Crippen LogP contribution >= 0.6 is 0 Å². The molecule has 4 aromatic heterocycles. The number of para-hydroxylation sites is 5. The maximum absolute atomic E-state index is 11.1. The van der Waals surface area contributed by atoms with Crippen molar-refractivity contribution in [2.75, 3.05) is 0 Å². The molecule has 10 rings (SSSR count). The van der Waals surface area contributed by atoms with Gasteiger partial charge in [-0.25, -0.2) is 15.0 Å². The molecule has 0 aliphatic carbocycles. The van der Waals surface area contributed by atoms with Crippen molar-refractivity contribution in [3.8, 4) is 56.5 Å². The van der Waals surface area contributed by atoms with Gasteiger partial charge >= 0.3 is 0 Å². The first kappa shape index (κ1) is 28.9. The van der Waals surface area contributed by atoms with Crippen LogP contribution in [-0.2, 0) is 0 Å². The molecule has 0 bridgehead atoms. The summed E-state index contributed by atoms with van der Waals surface area (Å²) in [6, 6.07) is 55.2. The summed E-state index contributed by atoms with van der Waals surface area (Å²) in [7, 11) is 0. The monoisotopic (exact) mass is 655 g/mol. The van der Waals surface area contributed by atoms with Crippen LogP contribution < -0.4 is 0 Å². The van der Waals surface area contributed by atoms with Crippen LogP contribution in [0.1, 0.15) is 0 Å². The molecule has 6 aromatic carbocycles. The zero-order valence-electron chi connectivity index (χ0n) is 27.3. The van der Waals surface area contributed by atoms with E-state index in [1.54, 1.807) is 6.07 Å². The van der Waals surface area contributed by atoms with Gasteiger partial charge in [-0.2, -0.15) is 0 Å². The molecule has 0 unspecified atom stereocenters. The highest BCUT2D eigenvalue weighted by Crippen LogP contribution is 2.40. The van der Waals surface area contributed by atoms with E-state index in [1.165, 1.54) is 0 Å². The largest absolute Gasteiger partial charge is 0.507 e. The Balaban J connectivity index is 1.20. The Morgan fingerprint density at radius 3 is 2.02 bits per heavy atom. The van der Waals surface area contributed by atoms with E-state index in [0.29, 0.717) is 11.4 Å². The molecule has 0 aliphatic rings. The molecule has 240 valence electrons. The van der Waals surface area contributed by atoms with Crippen molar-refractivity contribution in [1.29, 1.82) is 0 Å². The summed E-state index contributed by atoms with van der Waals surface area (Å²) < 4.78 is 4.32. The van der Waals surface area contributed by atoms with E-state index in [9.17, 15) is 5.11 Å². The fourth-order valence-corrected chi connectivity index (χ4v) is 7.36. The lowest BCUT2D eigenvalue weighted by Gasteiger charge is -2.15. The predicted molar refractivity (Wildman–Crippen MR) is 206 cm³/mol. The van der Waals surface area contributed by atoms with Gasteiger partial charge in [-0.3, -0.25) is 8.97 Å². The lowest BCUT2D eigenvalue weighted by atomic mass is 10.0. The third-order valence-corrected chi connectivity index (χ3v) is 9.68. The maximum atomic E-state index is 11.1. The van der Waals surface area contributed by atoms with Crippen molar-refractivity contribution in [2.24, 2.45) is 0 Å². The van der Waals surface area contributed by atoms with Crippen LogP contribution in [0.2, 0.25) is 0 Å². The third kappa shape index (κ3) is 4.61. The molecule has 0 amide bonds.